The highest BCUT2D eigenvalue weighted by Crippen LogP contribution is 2.19. The normalized spacial score (nSPS) is 19.4. The highest BCUT2D eigenvalue weighted by atomic mass is 16.6. The van der Waals surface area contributed by atoms with Gasteiger partial charge in [-0.15, -0.1) is 0 Å². The van der Waals surface area contributed by atoms with Crippen LogP contribution in [0.25, 0.3) is 0 Å². The monoisotopic (exact) mass is 283 g/mol. The van der Waals surface area contributed by atoms with Gasteiger partial charge >= 0.3 is 12.1 Å². The van der Waals surface area contributed by atoms with Crippen molar-refractivity contribution in [3.05, 3.63) is 12.7 Å². The summed E-state index contributed by atoms with van der Waals surface area (Å²) in [7, 11) is 0. The number of piperidine rings is 1. The number of ether oxygens (including phenoxy) is 2. The molecule has 6 heteroatoms. The molecule has 1 amide bonds. The van der Waals surface area contributed by atoms with Crippen LogP contribution in [0.3, 0.4) is 0 Å². The quantitative estimate of drug-likeness (QED) is 0.447. The largest absolute Gasteiger partial charge is 0.460 e. The van der Waals surface area contributed by atoms with Gasteiger partial charge in [0, 0.05) is 13.0 Å². The van der Waals surface area contributed by atoms with Crippen LogP contribution in [-0.4, -0.2) is 47.5 Å². The zero-order valence-electron chi connectivity index (χ0n) is 12.2. The number of esters is 1. The number of rotatable bonds is 3. The van der Waals surface area contributed by atoms with Gasteiger partial charge in [-0.2, -0.15) is 0 Å². The Morgan fingerprint density at radius 2 is 2.10 bits per heavy atom. The third-order valence-corrected chi connectivity index (χ3v) is 2.63. The lowest BCUT2D eigenvalue weighted by Gasteiger charge is -2.34. The van der Waals surface area contributed by atoms with Gasteiger partial charge in [-0.05, 0) is 27.2 Å². The average molecular weight is 283 g/mol. The molecule has 1 fully saturated rings. The molecule has 0 bridgehead atoms. The van der Waals surface area contributed by atoms with Crippen molar-refractivity contribution in [2.75, 3.05) is 13.2 Å². The van der Waals surface area contributed by atoms with Gasteiger partial charge < -0.3 is 9.47 Å². The molecule has 0 aromatic heterocycles. The maximum atomic E-state index is 12.1. The number of hydrogen-bond acceptors (Lipinski definition) is 5. The van der Waals surface area contributed by atoms with Crippen LogP contribution in [0.5, 0.6) is 0 Å². The predicted octanol–water partition coefficient (Wildman–Crippen LogP) is 1.68. The summed E-state index contributed by atoms with van der Waals surface area (Å²) >= 11 is 0. The van der Waals surface area contributed by atoms with Gasteiger partial charge in [-0.3, -0.25) is 9.69 Å². The number of Topliss-reactive ketones (excluding diaryl/α,β-unsaturated/α-hetero) is 1. The van der Waals surface area contributed by atoms with Crippen molar-refractivity contribution in [3.63, 3.8) is 0 Å². The fourth-order valence-electron chi connectivity index (χ4n) is 1.86. The van der Waals surface area contributed by atoms with Gasteiger partial charge in [0.2, 0.25) is 0 Å². The zero-order chi connectivity index (χ0) is 15.3. The standard InChI is InChI=1S/C14H21NO5/c1-5-9-19-12(17)11-10(16)7-6-8-15(11)13(18)20-14(2,3)4/h5,11H,1,6-9H2,2-4H3. The van der Waals surface area contributed by atoms with Crippen molar-refractivity contribution in [2.45, 2.75) is 45.3 Å². The Balaban J connectivity index is 2.84. The van der Waals surface area contributed by atoms with Crippen molar-refractivity contribution in [2.24, 2.45) is 0 Å². The van der Waals surface area contributed by atoms with Gasteiger partial charge in [0.15, 0.2) is 11.8 Å². The van der Waals surface area contributed by atoms with Crippen LogP contribution >= 0.6 is 0 Å². The van der Waals surface area contributed by atoms with E-state index < -0.39 is 23.7 Å². The van der Waals surface area contributed by atoms with Crippen LogP contribution in [0, 0.1) is 0 Å². The van der Waals surface area contributed by atoms with Crippen molar-refractivity contribution in [1.82, 2.24) is 4.90 Å². The number of carbonyl (C=O) groups excluding carboxylic acids is 3. The minimum Gasteiger partial charge on any atom is -0.460 e. The Morgan fingerprint density at radius 3 is 2.65 bits per heavy atom. The van der Waals surface area contributed by atoms with E-state index in [-0.39, 0.29) is 18.8 Å². The van der Waals surface area contributed by atoms with E-state index in [0.29, 0.717) is 13.0 Å². The Labute approximate surface area is 118 Å². The van der Waals surface area contributed by atoms with E-state index in [1.54, 1.807) is 20.8 Å². The Kier molecular flexibility index (Phi) is 5.30. The molecular weight excluding hydrogens is 262 g/mol. The second-order valence-corrected chi connectivity index (χ2v) is 5.56. The Hall–Kier alpha value is -1.85. The molecule has 1 saturated heterocycles. The van der Waals surface area contributed by atoms with E-state index >= 15 is 0 Å². The number of amides is 1. The number of likely N-dealkylation sites (tertiary alicyclic amines) is 1. The lowest BCUT2D eigenvalue weighted by Crippen LogP contribution is -2.54. The fourth-order valence-corrected chi connectivity index (χ4v) is 1.86. The maximum Gasteiger partial charge on any atom is 0.411 e. The number of hydrogen-bond donors (Lipinski definition) is 0. The molecule has 112 valence electrons. The van der Waals surface area contributed by atoms with E-state index in [0.717, 1.165) is 4.90 Å². The molecule has 1 atom stereocenters. The maximum absolute atomic E-state index is 12.1. The number of carbonyl (C=O) groups is 3. The van der Waals surface area contributed by atoms with Crippen molar-refractivity contribution in [3.8, 4) is 0 Å². The SMILES string of the molecule is C=CCOC(=O)C1C(=O)CCCN1C(=O)OC(C)(C)C. The van der Waals surface area contributed by atoms with Crippen LogP contribution in [0.4, 0.5) is 4.79 Å². The summed E-state index contributed by atoms with van der Waals surface area (Å²) in [5, 5.41) is 0. The average Bonchev–Trinajstić information content (AvgIpc) is 2.33. The molecule has 6 nitrogen and oxygen atoms in total. The van der Waals surface area contributed by atoms with E-state index in [1.807, 2.05) is 0 Å². The summed E-state index contributed by atoms with van der Waals surface area (Å²) in [6.45, 7) is 8.91. The minimum atomic E-state index is -1.21. The van der Waals surface area contributed by atoms with Gasteiger partial charge in [-0.1, -0.05) is 12.7 Å². The molecule has 1 aliphatic rings. The van der Waals surface area contributed by atoms with Crippen molar-refractivity contribution < 1.29 is 23.9 Å². The third-order valence-electron chi connectivity index (χ3n) is 2.63. The topological polar surface area (TPSA) is 72.9 Å². The predicted molar refractivity (Wildman–Crippen MR) is 72.1 cm³/mol. The molecule has 0 saturated carbocycles. The molecule has 1 heterocycles. The third kappa shape index (κ3) is 4.36. The summed E-state index contributed by atoms with van der Waals surface area (Å²) in [5.74, 6) is -1.06. The molecule has 0 N–H and O–H groups in total. The van der Waals surface area contributed by atoms with Gasteiger partial charge in [0.1, 0.15) is 12.2 Å². The smallest absolute Gasteiger partial charge is 0.411 e. The Bertz CT molecular complexity index is 410. The summed E-state index contributed by atoms with van der Waals surface area (Å²) in [5.41, 5.74) is -0.687. The molecule has 1 rings (SSSR count). The molecule has 0 spiro atoms. The first-order chi connectivity index (χ1) is 9.26. The molecule has 1 unspecified atom stereocenters. The molecule has 20 heavy (non-hydrogen) atoms. The Morgan fingerprint density at radius 1 is 1.45 bits per heavy atom. The minimum absolute atomic E-state index is 0.00473. The first-order valence-corrected chi connectivity index (χ1v) is 6.56. The fraction of sp³-hybridized carbons (Fsp3) is 0.643. The first kappa shape index (κ1) is 16.2. The van der Waals surface area contributed by atoms with E-state index in [4.69, 9.17) is 9.47 Å². The summed E-state index contributed by atoms with van der Waals surface area (Å²) in [6.07, 6.45) is 1.51. The van der Waals surface area contributed by atoms with E-state index in [2.05, 4.69) is 6.58 Å². The van der Waals surface area contributed by atoms with Gasteiger partial charge in [0.25, 0.3) is 0 Å². The van der Waals surface area contributed by atoms with Crippen LogP contribution in [0.1, 0.15) is 33.6 Å². The van der Waals surface area contributed by atoms with Crippen LogP contribution in [0.15, 0.2) is 12.7 Å². The molecular formula is C14H21NO5. The first-order valence-electron chi connectivity index (χ1n) is 6.56. The number of ketones is 1. The second kappa shape index (κ2) is 6.54. The highest BCUT2D eigenvalue weighted by Gasteiger charge is 2.41. The zero-order valence-corrected chi connectivity index (χ0v) is 12.2. The van der Waals surface area contributed by atoms with Crippen LogP contribution in [0.2, 0.25) is 0 Å². The molecule has 1 aliphatic heterocycles. The lowest BCUT2D eigenvalue weighted by atomic mass is 10.0. The number of nitrogens with zero attached hydrogens (tertiary/aromatic N) is 1. The molecule has 0 aromatic rings. The summed E-state index contributed by atoms with van der Waals surface area (Å²) in [6, 6.07) is -1.21. The summed E-state index contributed by atoms with van der Waals surface area (Å²) < 4.78 is 10.1. The van der Waals surface area contributed by atoms with Crippen molar-refractivity contribution >= 4 is 17.8 Å². The molecule has 0 aliphatic carbocycles. The second-order valence-electron chi connectivity index (χ2n) is 5.56. The van der Waals surface area contributed by atoms with E-state index in [9.17, 15) is 14.4 Å². The van der Waals surface area contributed by atoms with E-state index in [1.165, 1.54) is 6.08 Å². The van der Waals surface area contributed by atoms with Crippen LogP contribution < -0.4 is 0 Å². The van der Waals surface area contributed by atoms with Gasteiger partial charge in [-0.25, -0.2) is 9.59 Å². The molecule has 0 aromatic carbocycles. The molecule has 0 radical (unpaired) electrons. The van der Waals surface area contributed by atoms with Crippen molar-refractivity contribution in [1.29, 1.82) is 0 Å². The summed E-state index contributed by atoms with van der Waals surface area (Å²) in [4.78, 5) is 37.0. The highest BCUT2D eigenvalue weighted by molar-refractivity contribution is 6.05. The van der Waals surface area contributed by atoms with Crippen LogP contribution in [-0.2, 0) is 19.1 Å². The van der Waals surface area contributed by atoms with Gasteiger partial charge in [0.05, 0.1) is 0 Å². The lowest BCUT2D eigenvalue weighted by molar-refractivity contribution is -0.154.